The van der Waals surface area contributed by atoms with Crippen molar-refractivity contribution in [3.05, 3.63) is 64.5 Å². The Kier molecular flexibility index (Phi) is 6.76. The van der Waals surface area contributed by atoms with E-state index in [4.69, 9.17) is 5.10 Å². The molecular weight excluding hydrogens is 515 g/mol. The molecule has 5 heterocycles. The van der Waals surface area contributed by atoms with Crippen LogP contribution in [0.3, 0.4) is 0 Å². The van der Waals surface area contributed by atoms with Gasteiger partial charge >= 0.3 is 0 Å². The summed E-state index contributed by atoms with van der Waals surface area (Å²) in [6.45, 7) is 9.16. The highest BCUT2D eigenvalue weighted by molar-refractivity contribution is 5.76. The first-order chi connectivity index (χ1) is 19.4. The largest absolute Gasteiger partial charge is 0.340 e. The summed E-state index contributed by atoms with van der Waals surface area (Å²) in [5, 5.41) is 31.0. The number of benzene rings is 1. The fourth-order valence-electron chi connectivity index (χ4n) is 5.18. The van der Waals surface area contributed by atoms with E-state index in [1.807, 2.05) is 48.6 Å². The topological polar surface area (TPSA) is 139 Å². The standard InChI is InChI=1S/C26H29FN12O/c1-16-20(17(2)38(32-16)24-8-7-23-29-28-18(3)39(23)33-24)6-9-25(40)37-12-10-36(11-13-37)15-19-4-5-21(22(27)14-19)26-30-34-35-31-26/h4-5,7-8,14H,6,9-13,15H2,1-3H3,(H,30,31,34,35). The van der Waals surface area contributed by atoms with Crippen molar-refractivity contribution >= 4 is 11.6 Å². The van der Waals surface area contributed by atoms with E-state index in [9.17, 15) is 9.18 Å². The molecule has 0 atom stereocenters. The van der Waals surface area contributed by atoms with Crippen LogP contribution in [0.4, 0.5) is 4.39 Å². The van der Waals surface area contributed by atoms with Crippen molar-refractivity contribution in [3.63, 3.8) is 0 Å². The molecule has 206 valence electrons. The molecule has 0 bridgehead atoms. The number of aromatic nitrogens is 10. The molecule has 1 aliphatic heterocycles. The average Bonchev–Trinajstić information content (AvgIpc) is 3.68. The number of amides is 1. The number of rotatable bonds is 7. The summed E-state index contributed by atoms with van der Waals surface area (Å²) < 4.78 is 18.1. The highest BCUT2D eigenvalue weighted by Crippen LogP contribution is 2.22. The molecule has 14 heteroatoms. The summed E-state index contributed by atoms with van der Waals surface area (Å²) in [6, 6.07) is 8.79. The van der Waals surface area contributed by atoms with E-state index in [1.54, 1.807) is 10.6 Å². The molecule has 1 aromatic carbocycles. The van der Waals surface area contributed by atoms with Crippen molar-refractivity contribution in [2.75, 3.05) is 26.2 Å². The third-order valence-corrected chi connectivity index (χ3v) is 7.40. The highest BCUT2D eigenvalue weighted by Gasteiger charge is 2.23. The number of fused-ring (bicyclic) bond motifs is 1. The van der Waals surface area contributed by atoms with Gasteiger partial charge in [0.15, 0.2) is 17.3 Å². The maximum atomic E-state index is 14.6. The van der Waals surface area contributed by atoms with Crippen LogP contribution in [0.25, 0.3) is 22.9 Å². The molecule has 0 aliphatic carbocycles. The van der Waals surface area contributed by atoms with Gasteiger partial charge in [-0.1, -0.05) is 6.07 Å². The number of aromatic amines is 1. The van der Waals surface area contributed by atoms with Crippen LogP contribution in [0.5, 0.6) is 0 Å². The van der Waals surface area contributed by atoms with Gasteiger partial charge in [0.05, 0.1) is 11.3 Å². The summed E-state index contributed by atoms with van der Waals surface area (Å²) in [5.74, 6) is 1.35. The van der Waals surface area contributed by atoms with Crippen LogP contribution >= 0.6 is 0 Å². The third-order valence-electron chi connectivity index (χ3n) is 7.40. The Morgan fingerprint density at radius 1 is 1.00 bits per heavy atom. The molecule has 4 aromatic heterocycles. The number of tetrazole rings is 1. The lowest BCUT2D eigenvalue weighted by atomic mass is 10.1. The van der Waals surface area contributed by atoms with E-state index in [1.165, 1.54) is 6.07 Å². The second kappa shape index (κ2) is 10.5. The number of hydrogen-bond acceptors (Lipinski definition) is 9. The quantitative estimate of drug-likeness (QED) is 0.325. The molecule has 1 aliphatic rings. The van der Waals surface area contributed by atoms with Gasteiger partial charge in [-0.25, -0.2) is 9.07 Å². The van der Waals surface area contributed by atoms with Crippen molar-refractivity contribution in [3.8, 4) is 17.2 Å². The second-order valence-corrected chi connectivity index (χ2v) is 9.98. The first-order valence-electron chi connectivity index (χ1n) is 13.1. The number of nitrogens with zero attached hydrogens (tertiary/aromatic N) is 11. The van der Waals surface area contributed by atoms with Gasteiger partial charge in [0.2, 0.25) is 11.7 Å². The van der Waals surface area contributed by atoms with Crippen molar-refractivity contribution in [2.24, 2.45) is 0 Å². The Hall–Kier alpha value is -4.59. The van der Waals surface area contributed by atoms with Crippen LogP contribution in [-0.2, 0) is 17.8 Å². The van der Waals surface area contributed by atoms with Crippen LogP contribution < -0.4 is 0 Å². The Morgan fingerprint density at radius 3 is 2.58 bits per heavy atom. The Bertz CT molecular complexity index is 1670. The normalized spacial score (nSPS) is 14.3. The minimum atomic E-state index is -0.383. The van der Waals surface area contributed by atoms with E-state index in [0.29, 0.717) is 55.3 Å². The molecule has 0 saturated carbocycles. The minimum Gasteiger partial charge on any atom is -0.340 e. The first kappa shape index (κ1) is 25.7. The number of piperazine rings is 1. The van der Waals surface area contributed by atoms with Crippen LogP contribution in [-0.4, -0.2) is 92.1 Å². The van der Waals surface area contributed by atoms with Crippen molar-refractivity contribution in [1.29, 1.82) is 0 Å². The number of H-pyrrole nitrogens is 1. The summed E-state index contributed by atoms with van der Waals surface area (Å²) in [6.07, 6.45) is 1.02. The Morgan fingerprint density at radius 2 is 1.82 bits per heavy atom. The zero-order valence-electron chi connectivity index (χ0n) is 22.5. The summed E-state index contributed by atoms with van der Waals surface area (Å²) in [7, 11) is 0. The zero-order valence-corrected chi connectivity index (χ0v) is 22.5. The van der Waals surface area contributed by atoms with Gasteiger partial charge in [0.1, 0.15) is 5.82 Å². The van der Waals surface area contributed by atoms with E-state index in [0.717, 1.165) is 35.6 Å². The van der Waals surface area contributed by atoms with Crippen molar-refractivity contribution in [2.45, 2.75) is 40.2 Å². The molecule has 6 rings (SSSR count). The van der Waals surface area contributed by atoms with Gasteiger partial charge in [0.25, 0.3) is 0 Å². The van der Waals surface area contributed by atoms with Gasteiger partial charge in [0, 0.05) is 44.8 Å². The Balaban J connectivity index is 1.04. The fourth-order valence-corrected chi connectivity index (χ4v) is 5.18. The van der Waals surface area contributed by atoms with Crippen LogP contribution in [0.15, 0.2) is 30.3 Å². The Labute approximate surface area is 229 Å². The number of carbonyl (C=O) groups excluding carboxylic acids is 1. The van der Waals surface area contributed by atoms with E-state index < -0.39 is 0 Å². The summed E-state index contributed by atoms with van der Waals surface area (Å²) >= 11 is 0. The molecule has 1 amide bonds. The SMILES string of the molecule is Cc1nn(-c2ccc3nnc(C)n3n2)c(C)c1CCC(=O)N1CCN(Cc2ccc(-c3nn[nH]n3)c(F)c2)CC1. The number of halogens is 1. The molecule has 0 spiro atoms. The number of aryl methyl sites for hydroxylation is 2. The van der Waals surface area contributed by atoms with Gasteiger partial charge < -0.3 is 4.90 Å². The third kappa shape index (κ3) is 4.93. The molecule has 1 saturated heterocycles. The molecule has 5 aromatic rings. The second-order valence-electron chi connectivity index (χ2n) is 9.98. The lowest BCUT2D eigenvalue weighted by molar-refractivity contribution is -0.133. The molecule has 13 nitrogen and oxygen atoms in total. The molecule has 0 radical (unpaired) electrons. The predicted octanol–water partition coefficient (Wildman–Crippen LogP) is 1.83. The number of hydrogen-bond donors (Lipinski definition) is 1. The number of nitrogens with one attached hydrogen (secondary N) is 1. The molecule has 1 fully saturated rings. The average molecular weight is 545 g/mol. The predicted molar refractivity (Wildman–Crippen MR) is 142 cm³/mol. The van der Waals surface area contributed by atoms with Crippen molar-refractivity contribution < 1.29 is 9.18 Å². The lowest BCUT2D eigenvalue weighted by Gasteiger charge is -2.35. The number of carbonyl (C=O) groups is 1. The van der Waals surface area contributed by atoms with Crippen LogP contribution in [0.1, 0.15) is 34.8 Å². The molecule has 0 unspecified atom stereocenters. The molecule has 40 heavy (non-hydrogen) atoms. The maximum Gasteiger partial charge on any atom is 0.222 e. The lowest BCUT2D eigenvalue weighted by Crippen LogP contribution is -2.48. The monoisotopic (exact) mass is 544 g/mol. The zero-order chi connectivity index (χ0) is 27.8. The van der Waals surface area contributed by atoms with Crippen molar-refractivity contribution in [1.82, 2.24) is 60.0 Å². The van der Waals surface area contributed by atoms with Gasteiger partial charge in [-0.15, -0.1) is 25.5 Å². The molecular formula is C26H29FN12O. The highest BCUT2D eigenvalue weighted by atomic mass is 19.1. The summed E-state index contributed by atoms with van der Waals surface area (Å²) in [5.41, 5.74) is 4.76. The first-order valence-corrected chi connectivity index (χ1v) is 13.1. The van der Waals surface area contributed by atoms with Gasteiger partial charge in [-0.3, -0.25) is 9.69 Å². The van der Waals surface area contributed by atoms with Crippen LogP contribution in [0, 0.1) is 26.6 Å². The maximum absolute atomic E-state index is 14.6. The minimum absolute atomic E-state index is 0.126. The van der Waals surface area contributed by atoms with E-state index >= 15 is 0 Å². The van der Waals surface area contributed by atoms with Gasteiger partial charge in [-0.2, -0.15) is 14.8 Å². The van der Waals surface area contributed by atoms with Gasteiger partial charge in [-0.05, 0) is 67.8 Å². The van der Waals surface area contributed by atoms with E-state index in [-0.39, 0.29) is 17.5 Å². The van der Waals surface area contributed by atoms with E-state index in [2.05, 4.69) is 40.8 Å². The fraction of sp³-hybridized carbons (Fsp3) is 0.385. The summed E-state index contributed by atoms with van der Waals surface area (Å²) in [4.78, 5) is 17.2. The smallest absolute Gasteiger partial charge is 0.222 e. The van der Waals surface area contributed by atoms with Crippen LogP contribution in [0.2, 0.25) is 0 Å². The molecule has 1 N–H and O–H groups in total.